The van der Waals surface area contributed by atoms with Crippen molar-refractivity contribution in [3.05, 3.63) is 23.8 Å². The Kier molecular flexibility index (Phi) is 14.6. The number of hydrogen-bond donors (Lipinski definition) is 1. The van der Waals surface area contributed by atoms with Crippen LogP contribution in [-0.4, -0.2) is 11.1 Å². The predicted molar refractivity (Wildman–Crippen MR) is 91.6 cm³/mol. The van der Waals surface area contributed by atoms with E-state index in [2.05, 4.69) is 32.1 Å². The average molecular weight is 294 g/mol. The molecule has 0 atom stereocenters. The van der Waals surface area contributed by atoms with Gasteiger partial charge in [0.1, 0.15) is 0 Å². The molecule has 0 radical (unpaired) electrons. The molecule has 21 heavy (non-hydrogen) atoms. The maximum atomic E-state index is 10.4. The Morgan fingerprint density at radius 2 is 1.43 bits per heavy atom. The molecule has 0 saturated heterocycles. The van der Waals surface area contributed by atoms with Gasteiger partial charge in [0, 0.05) is 6.42 Å². The van der Waals surface area contributed by atoms with Crippen molar-refractivity contribution < 1.29 is 9.90 Å². The van der Waals surface area contributed by atoms with E-state index < -0.39 is 5.97 Å². The summed E-state index contributed by atoms with van der Waals surface area (Å²) in [6, 6.07) is 0. The van der Waals surface area contributed by atoms with Gasteiger partial charge in [-0.15, -0.1) is 0 Å². The van der Waals surface area contributed by atoms with E-state index in [9.17, 15) is 4.79 Å². The monoisotopic (exact) mass is 294 g/mol. The van der Waals surface area contributed by atoms with Gasteiger partial charge in [0.2, 0.25) is 0 Å². The minimum Gasteiger partial charge on any atom is -0.481 e. The first-order chi connectivity index (χ1) is 10.2. The Morgan fingerprint density at radius 1 is 0.857 bits per heavy atom. The molecular weight excluding hydrogens is 260 g/mol. The number of rotatable bonds is 14. The first-order valence-corrected chi connectivity index (χ1v) is 8.77. The molecule has 0 aliphatic heterocycles. The zero-order valence-corrected chi connectivity index (χ0v) is 14.1. The van der Waals surface area contributed by atoms with Gasteiger partial charge in [0.05, 0.1) is 0 Å². The topological polar surface area (TPSA) is 37.3 Å². The summed E-state index contributed by atoms with van der Waals surface area (Å²) in [5, 5.41) is 8.57. The van der Waals surface area contributed by atoms with E-state index in [1.54, 1.807) is 5.57 Å². The van der Waals surface area contributed by atoms with Crippen molar-refractivity contribution in [2.24, 2.45) is 0 Å². The van der Waals surface area contributed by atoms with Gasteiger partial charge in [-0.2, -0.15) is 0 Å². The smallest absolute Gasteiger partial charge is 0.303 e. The molecule has 0 aliphatic carbocycles. The first-order valence-electron chi connectivity index (χ1n) is 8.77. The van der Waals surface area contributed by atoms with E-state index in [-0.39, 0.29) is 0 Å². The minimum absolute atomic E-state index is 0.295. The molecule has 2 nitrogen and oxygen atoms in total. The average Bonchev–Trinajstić information content (AvgIpc) is 2.45. The fourth-order valence-electron chi connectivity index (χ4n) is 2.33. The fraction of sp³-hybridized carbons (Fsp3) is 0.737. The van der Waals surface area contributed by atoms with Crippen molar-refractivity contribution in [3.63, 3.8) is 0 Å². The number of allylic oxidation sites excluding steroid dienone is 4. The summed E-state index contributed by atoms with van der Waals surface area (Å²) in [6.45, 7) is 4.50. The van der Waals surface area contributed by atoms with E-state index in [0.29, 0.717) is 6.42 Å². The molecule has 0 aromatic carbocycles. The molecular formula is C19H34O2. The second-order valence-electron chi connectivity index (χ2n) is 5.81. The van der Waals surface area contributed by atoms with Gasteiger partial charge in [-0.05, 0) is 44.9 Å². The summed E-state index contributed by atoms with van der Waals surface area (Å²) in [6.07, 6.45) is 20.0. The third-order valence-electron chi connectivity index (χ3n) is 3.68. The molecule has 0 rings (SSSR count). The number of unbranched alkanes of at least 4 members (excludes halogenated alkanes) is 6. The zero-order valence-electron chi connectivity index (χ0n) is 14.1. The van der Waals surface area contributed by atoms with E-state index in [1.807, 2.05) is 0 Å². The molecule has 0 bridgehead atoms. The lowest BCUT2D eigenvalue weighted by molar-refractivity contribution is -0.137. The molecule has 0 amide bonds. The van der Waals surface area contributed by atoms with E-state index >= 15 is 0 Å². The lowest BCUT2D eigenvalue weighted by Crippen LogP contribution is -1.92. The van der Waals surface area contributed by atoms with Crippen LogP contribution >= 0.6 is 0 Å². The van der Waals surface area contributed by atoms with Crippen LogP contribution in [-0.2, 0) is 4.79 Å². The minimum atomic E-state index is -0.687. The zero-order chi connectivity index (χ0) is 15.8. The lowest BCUT2D eigenvalue weighted by Gasteiger charge is -2.06. The molecule has 0 aromatic heterocycles. The number of carboxylic acid groups (broad SMARTS) is 1. The van der Waals surface area contributed by atoms with Gasteiger partial charge in [-0.3, -0.25) is 4.79 Å². The predicted octanol–water partition coefficient (Wildman–Crippen LogP) is 6.27. The summed E-state index contributed by atoms with van der Waals surface area (Å²) in [5.41, 5.74) is 1.58. The normalized spacial score (nSPS) is 11.0. The Balaban J connectivity index is 3.98. The summed E-state index contributed by atoms with van der Waals surface area (Å²) >= 11 is 0. The van der Waals surface area contributed by atoms with E-state index in [1.165, 1.54) is 51.4 Å². The highest BCUT2D eigenvalue weighted by Crippen LogP contribution is 2.17. The van der Waals surface area contributed by atoms with E-state index in [0.717, 1.165) is 19.3 Å². The van der Waals surface area contributed by atoms with Gasteiger partial charge in [0.25, 0.3) is 0 Å². The summed E-state index contributed by atoms with van der Waals surface area (Å²) in [7, 11) is 0. The highest BCUT2D eigenvalue weighted by molar-refractivity contribution is 5.66. The van der Waals surface area contributed by atoms with Crippen LogP contribution in [0.2, 0.25) is 0 Å². The van der Waals surface area contributed by atoms with Crippen molar-refractivity contribution >= 4 is 5.97 Å². The molecule has 1 N–H and O–H groups in total. The Bertz CT molecular complexity index is 291. The highest BCUT2D eigenvalue weighted by Gasteiger charge is 1.97. The van der Waals surface area contributed by atoms with Crippen LogP contribution in [0.4, 0.5) is 0 Å². The van der Waals surface area contributed by atoms with Crippen molar-refractivity contribution in [3.8, 4) is 0 Å². The molecule has 0 aromatic rings. The summed E-state index contributed by atoms with van der Waals surface area (Å²) in [5.74, 6) is -0.687. The third-order valence-corrected chi connectivity index (χ3v) is 3.68. The van der Waals surface area contributed by atoms with Gasteiger partial charge in [0.15, 0.2) is 0 Å². The quantitative estimate of drug-likeness (QED) is 0.302. The number of carboxylic acids is 1. The molecule has 0 saturated carbocycles. The maximum absolute atomic E-state index is 10.4. The Morgan fingerprint density at radius 3 is 1.95 bits per heavy atom. The molecule has 0 heterocycles. The molecule has 122 valence electrons. The molecule has 0 unspecified atom stereocenters. The van der Waals surface area contributed by atoms with Crippen LogP contribution < -0.4 is 0 Å². The van der Waals surface area contributed by atoms with Crippen LogP contribution in [0.5, 0.6) is 0 Å². The van der Waals surface area contributed by atoms with Crippen molar-refractivity contribution in [1.82, 2.24) is 0 Å². The fourth-order valence-corrected chi connectivity index (χ4v) is 2.33. The van der Waals surface area contributed by atoms with Crippen LogP contribution in [0.25, 0.3) is 0 Å². The summed E-state index contributed by atoms with van der Waals surface area (Å²) < 4.78 is 0. The van der Waals surface area contributed by atoms with Crippen molar-refractivity contribution in [1.29, 1.82) is 0 Å². The Labute approximate surface area is 131 Å². The molecule has 0 fully saturated rings. The Hall–Kier alpha value is -1.05. The van der Waals surface area contributed by atoms with Crippen LogP contribution in [0.3, 0.4) is 0 Å². The van der Waals surface area contributed by atoms with Crippen molar-refractivity contribution in [2.75, 3.05) is 0 Å². The number of aliphatic carboxylic acids is 1. The first kappa shape index (κ1) is 19.9. The van der Waals surface area contributed by atoms with Gasteiger partial charge >= 0.3 is 5.97 Å². The summed E-state index contributed by atoms with van der Waals surface area (Å²) in [4.78, 5) is 10.4. The van der Waals surface area contributed by atoms with Gasteiger partial charge < -0.3 is 5.11 Å². The second kappa shape index (κ2) is 15.3. The van der Waals surface area contributed by atoms with E-state index in [4.69, 9.17) is 5.11 Å². The van der Waals surface area contributed by atoms with Crippen LogP contribution in [0.1, 0.15) is 90.9 Å². The highest BCUT2D eigenvalue weighted by atomic mass is 16.4. The number of hydrogen-bond acceptors (Lipinski definition) is 1. The SMILES string of the molecule is CCCCCC(=CC=CCCCCC(=O)O)CCCCC. The van der Waals surface area contributed by atoms with Crippen LogP contribution in [0, 0.1) is 0 Å². The van der Waals surface area contributed by atoms with Gasteiger partial charge in [-0.1, -0.05) is 63.3 Å². The molecule has 0 aliphatic rings. The maximum Gasteiger partial charge on any atom is 0.303 e. The van der Waals surface area contributed by atoms with Gasteiger partial charge in [-0.25, -0.2) is 0 Å². The standard InChI is InChI=1S/C19H34O2/c1-3-5-10-14-18(15-11-6-4-2)16-12-8-7-9-13-17-19(20)21/h8,12,16H,3-7,9-11,13-15,17H2,1-2H3,(H,20,21). The largest absolute Gasteiger partial charge is 0.481 e. The number of carbonyl (C=O) groups is 1. The second-order valence-corrected chi connectivity index (χ2v) is 5.81. The molecule has 0 spiro atoms. The van der Waals surface area contributed by atoms with Crippen LogP contribution in [0.15, 0.2) is 23.8 Å². The lowest BCUT2D eigenvalue weighted by atomic mass is 10.0. The third kappa shape index (κ3) is 15.2. The van der Waals surface area contributed by atoms with Crippen molar-refractivity contribution in [2.45, 2.75) is 90.9 Å². The molecule has 2 heteroatoms.